The van der Waals surface area contributed by atoms with Crippen molar-refractivity contribution in [1.29, 1.82) is 0 Å². The number of non-ortho nitro benzene ring substituents is 1. The molecule has 33 heavy (non-hydrogen) atoms. The Hall–Kier alpha value is -3.15. The van der Waals surface area contributed by atoms with Crippen LogP contribution in [0.2, 0.25) is 0 Å². The Morgan fingerprint density at radius 2 is 1.82 bits per heavy atom. The van der Waals surface area contributed by atoms with Crippen LogP contribution in [0.4, 0.5) is 10.5 Å². The van der Waals surface area contributed by atoms with Gasteiger partial charge in [-0.25, -0.2) is 4.79 Å². The van der Waals surface area contributed by atoms with E-state index in [2.05, 4.69) is 0 Å². The van der Waals surface area contributed by atoms with E-state index in [1.807, 2.05) is 0 Å². The van der Waals surface area contributed by atoms with Crippen molar-refractivity contribution < 1.29 is 28.8 Å². The van der Waals surface area contributed by atoms with Crippen molar-refractivity contribution in [1.82, 2.24) is 9.80 Å². The average molecular weight is 479 g/mol. The van der Waals surface area contributed by atoms with E-state index in [1.165, 1.54) is 36.1 Å². The monoisotopic (exact) mass is 478 g/mol. The molecule has 3 amide bonds. The Balaban J connectivity index is 1.65. The van der Waals surface area contributed by atoms with Gasteiger partial charge in [0.2, 0.25) is 11.8 Å². The number of nitro groups is 1. The smallest absolute Gasteiger partial charge is 0.410 e. The van der Waals surface area contributed by atoms with Gasteiger partial charge in [0.1, 0.15) is 12.6 Å². The number of thioether (sulfide) groups is 1. The van der Waals surface area contributed by atoms with Crippen molar-refractivity contribution in [3.05, 3.63) is 39.9 Å². The van der Waals surface area contributed by atoms with Crippen molar-refractivity contribution in [3.63, 3.8) is 0 Å². The number of benzene rings is 1. The Morgan fingerprint density at radius 1 is 1.18 bits per heavy atom. The predicted molar refractivity (Wildman–Crippen MR) is 119 cm³/mol. The number of hydrogen-bond acceptors (Lipinski definition) is 8. The summed E-state index contributed by atoms with van der Waals surface area (Å²) in [5, 5.41) is 10.4. The third kappa shape index (κ3) is 6.21. The fraction of sp³-hybridized carbons (Fsp3) is 0.524. The molecule has 2 fully saturated rings. The van der Waals surface area contributed by atoms with Gasteiger partial charge >= 0.3 is 6.09 Å². The fourth-order valence-electron chi connectivity index (χ4n) is 4.09. The minimum atomic E-state index is -0.767. The molecule has 12 heteroatoms. The summed E-state index contributed by atoms with van der Waals surface area (Å²) in [6, 6.07) is 4.86. The van der Waals surface area contributed by atoms with Crippen molar-refractivity contribution >= 4 is 40.5 Å². The molecule has 1 aromatic rings. The van der Waals surface area contributed by atoms with Gasteiger partial charge in [0.15, 0.2) is 5.12 Å². The highest BCUT2D eigenvalue weighted by Crippen LogP contribution is 2.31. The second-order valence-corrected chi connectivity index (χ2v) is 9.59. The minimum Gasteiger partial charge on any atom is -0.445 e. The molecule has 11 nitrogen and oxygen atoms in total. The largest absolute Gasteiger partial charge is 0.445 e. The molecular formula is C21H26N4O7S. The highest BCUT2D eigenvalue weighted by atomic mass is 32.2. The zero-order chi connectivity index (χ0) is 24.1. The van der Waals surface area contributed by atoms with Crippen LogP contribution >= 0.6 is 11.8 Å². The Labute approximate surface area is 194 Å². The van der Waals surface area contributed by atoms with E-state index in [0.29, 0.717) is 37.9 Å². The van der Waals surface area contributed by atoms with E-state index >= 15 is 0 Å². The summed E-state index contributed by atoms with van der Waals surface area (Å²) in [7, 11) is 0. The van der Waals surface area contributed by atoms with Crippen molar-refractivity contribution in [2.24, 2.45) is 11.7 Å². The topological polar surface area (TPSA) is 153 Å². The Bertz CT molecular complexity index is 931. The molecule has 2 heterocycles. The van der Waals surface area contributed by atoms with E-state index in [1.54, 1.807) is 4.90 Å². The maximum Gasteiger partial charge on any atom is 0.410 e. The summed E-state index contributed by atoms with van der Waals surface area (Å²) in [5.74, 6) is -0.879. The molecule has 0 radical (unpaired) electrons. The first-order valence-corrected chi connectivity index (χ1v) is 11.5. The summed E-state index contributed by atoms with van der Waals surface area (Å²) in [6.45, 7) is 2.27. The predicted octanol–water partition coefficient (Wildman–Crippen LogP) is 1.68. The molecule has 3 rings (SSSR count). The summed E-state index contributed by atoms with van der Waals surface area (Å²) in [4.78, 5) is 62.2. The van der Waals surface area contributed by atoms with Crippen LogP contribution in [0.3, 0.4) is 0 Å². The molecular weight excluding hydrogens is 452 g/mol. The second kappa shape index (κ2) is 10.6. The van der Waals surface area contributed by atoms with Gasteiger partial charge in [-0.1, -0.05) is 11.8 Å². The van der Waals surface area contributed by atoms with Gasteiger partial charge in [0, 0.05) is 49.9 Å². The third-order valence-electron chi connectivity index (χ3n) is 5.83. The first kappa shape index (κ1) is 24.5. The van der Waals surface area contributed by atoms with E-state index < -0.39 is 17.1 Å². The van der Waals surface area contributed by atoms with E-state index in [4.69, 9.17) is 10.5 Å². The van der Waals surface area contributed by atoms with Crippen LogP contribution in [0.5, 0.6) is 0 Å². The molecule has 0 bridgehead atoms. The van der Waals surface area contributed by atoms with Crippen LogP contribution in [0.15, 0.2) is 24.3 Å². The van der Waals surface area contributed by atoms with Gasteiger partial charge in [0.25, 0.3) is 5.69 Å². The lowest BCUT2D eigenvalue weighted by Crippen LogP contribution is -2.50. The van der Waals surface area contributed by atoms with Gasteiger partial charge < -0.3 is 15.4 Å². The Morgan fingerprint density at radius 3 is 2.36 bits per heavy atom. The third-order valence-corrected chi connectivity index (χ3v) is 6.84. The lowest BCUT2D eigenvalue weighted by Gasteiger charge is -2.34. The number of nitrogens with zero attached hydrogens (tertiary/aromatic N) is 3. The lowest BCUT2D eigenvalue weighted by atomic mass is 9.95. The minimum absolute atomic E-state index is 0.0699. The van der Waals surface area contributed by atoms with Gasteiger partial charge in [-0.05, 0) is 37.0 Å². The number of ether oxygens (including phenoxy) is 1. The zero-order valence-electron chi connectivity index (χ0n) is 18.2. The Kier molecular flexibility index (Phi) is 7.90. The van der Waals surface area contributed by atoms with Crippen molar-refractivity contribution in [3.8, 4) is 0 Å². The van der Waals surface area contributed by atoms with Gasteiger partial charge in [-0.15, -0.1) is 0 Å². The summed E-state index contributed by atoms with van der Waals surface area (Å²) in [6.07, 6.45) is 0.588. The fourth-order valence-corrected chi connectivity index (χ4v) is 5.07. The number of amides is 3. The molecule has 0 unspecified atom stereocenters. The van der Waals surface area contributed by atoms with Crippen LogP contribution in [0.1, 0.15) is 31.7 Å². The summed E-state index contributed by atoms with van der Waals surface area (Å²) >= 11 is 1.09. The average Bonchev–Trinajstić information content (AvgIpc) is 3.20. The van der Waals surface area contributed by atoms with Crippen molar-refractivity contribution in [2.45, 2.75) is 44.1 Å². The number of rotatable bonds is 6. The number of hydrogen-bond donors (Lipinski definition) is 1. The molecule has 0 saturated carbocycles. The molecule has 2 aliphatic heterocycles. The second-order valence-electron chi connectivity index (χ2n) is 8.12. The maximum absolute atomic E-state index is 13.2. The van der Waals surface area contributed by atoms with Crippen LogP contribution in [0, 0.1) is 16.0 Å². The molecule has 1 aromatic carbocycles. The van der Waals surface area contributed by atoms with E-state index in [9.17, 15) is 29.3 Å². The molecule has 178 valence electrons. The first-order valence-electron chi connectivity index (χ1n) is 10.6. The van der Waals surface area contributed by atoms with E-state index in [0.717, 1.165) is 11.8 Å². The molecule has 2 atom stereocenters. The molecule has 2 aliphatic rings. The normalized spacial score (nSPS) is 21.0. The number of nitrogens with two attached hydrogens (primary N) is 1. The maximum atomic E-state index is 13.2. The zero-order valence-corrected chi connectivity index (χ0v) is 19.0. The first-order chi connectivity index (χ1) is 15.7. The van der Waals surface area contributed by atoms with Crippen LogP contribution < -0.4 is 5.73 Å². The number of nitro benzene ring substituents is 1. The highest BCUT2D eigenvalue weighted by Gasteiger charge is 2.43. The standard InChI is InChI=1S/C21H26N4O7S/c1-13(26)33-17-10-18(20(28)23-8-6-15(7-9-23)19(22)27)24(11-17)21(29)32-12-14-2-4-16(5-3-14)25(30)31/h2-5,15,17-18H,6-12H2,1H3,(H2,22,27)/t17-,18-/m0/s1. The van der Waals surface area contributed by atoms with Gasteiger partial charge in [-0.2, -0.15) is 0 Å². The molecule has 2 N–H and O–H groups in total. The van der Waals surface area contributed by atoms with Gasteiger partial charge in [-0.3, -0.25) is 29.4 Å². The number of carbonyl (C=O) groups is 4. The summed E-state index contributed by atoms with van der Waals surface area (Å²) in [5.41, 5.74) is 5.86. The van der Waals surface area contributed by atoms with Crippen LogP contribution in [-0.2, 0) is 25.7 Å². The molecule has 0 aromatic heterocycles. The lowest BCUT2D eigenvalue weighted by molar-refractivity contribution is -0.384. The number of likely N-dealkylation sites (tertiary alicyclic amines) is 2. The quantitative estimate of drug-likeness (QED) is 0.479. The highest BCUT2D eigenvalue weighted by molar-refractivity contribution is 8.14. The van der Waals surface area contributed by atoms with Crippen LogP contribution in [-0.4, -0.2) is 68.7 Å². The number of primary amides is 1. The molecule has 2 saturated heterocycles. The SMILES string of the molecule is CC(=O)S[C@H]1C[C@@H](C(=O)N2CCC(C(N)=O)CC2)N(C(=O)OCc2ccc([N+](=O)[O-])cc2)C1. The van der Waals surface area contributed by atoms with Gasteiger partial charge in [0.05, 0.1) is 4.92 Å². The molecule has 0 spiro atoms. The van der Waals surface area contributed by atoms with Crippen LogP contribution in [0.25, 0.3) is 0 Å². The number of piperidine rings is 1. The summed E-state index contributed by atoms with van der Waals surface area (Å²) < 4.78 is 5.37. The number of carbonyl (C=O) groups excluding carboxylic acids is 4. The van der Waals surface area contributed by atoms with E-state index in [-0.39, 0.29) is 46.9 Å². The van der Waals surface area contributed by atoms with Crippen molar-refractivity contribution in [2.75, 3.05) is 19.6 Å². The molecule has 0 aliphatic carbocycles.